The third-order valence-corrected chi connectivity index (χ3v) is 8.01. The van der Waals surface area contributed by atoms with E-state index >= 15 is 0 Å². The molecule has 0 radical (unpaired) electrons. The van der Waals surface area contributed by atoms with Crippen LogP contribution in [0.2, 0.25) is 0 Å². The zero-order valence-corrected chi connectivity index (χ0v) is 26.5. The fourth-order valence-corrected chi connectivity index (χ4v) is 5.53. The number of benzene rings is 1. The van der Waals surface area contributed by atoms with Gasteiger partial charge in [0.05, 0.1) is 19.0 Å². The van der Waals surface area contributed by atoms with Gasteiger partial charge in [-0.3, -0.25) is 9.58 Å². The minimum Gasteiger partial charge on any atom is -0.381 e. The number of nitrogens with one attached hydrogen (secondary N) is 3. The molecule has 3 aromatic heterocycles. The molecule has 3 N–H and O–H groups in total. The lowest BCUT2D eigenvalue weighted by Crippen LogP contribution is -2.47. The fourth-order valence-electron chi connectivity index (χ4n) is 5.53. The van der Waals surface area contributed by atoms with Crippen LogP contribution < -0.4 is 20.9 Å². The van der Waals surface area contributed by atoms with Crippen molar-refractivity contribution < 1.29 is 9.53 Å². The largest absolute Gasteiger partial charge is 0.381 e. The Morgan fingerprint density at radius 1 is 1.11 bits per heavy atom. The predicted octanol–water partition coefficient (Wildman–Crippen LogP) is 5.37. The number of aryl methyl sites for hydroxylation is 1. The van der Waals surface area contributed by atoms with Gasteiger partial charge in [-0.2, -0.15) is 15.3 Å². The van der Waals surface area contributed by atoms with Gasteiger partial charge in [-0.15, -0.1) is 0 Å². The second-order valence-electron chi connectivity index (χ2n) is 11.5. The van der Waals surface area contributed by atoms with Gasteiger partial charge in [-0.25, -0.2) is 14.8 Å². The third kappa shape index (κ3) is 8.79. The summed E-state index contributed by atoms with van der Waals surface area (Å²) in [7, 11) is 1.88. The maximum Gasteiger partial charge on any atom is 0.323 e. The van der Waals surface area contributed by atoms with Crippen LogP contribution in [-0.4, -0.2) is 63.1 Å². The lowest BCUT2D eigenvalue weighted by atomic mass is 10.0. The normalized spacial score (nSPS) is 14.8. The standard InChI is InChI=1S/C34H42N10O2/c1-3-8-30(11-7-15-36-33-39-21-28(17-35)32(42-33)38-19-26-14-16-46-24-26)44(34(45)40-18-25-9-5-4-6-10-25)31-13-12-27(20-37-31)29-22-41-43(2)23-29/h4-6,9-10,12-13,20-23,26,30H,3,7-8,11,14-16,18-19,24H2,1-2H3,(H,40,45)(H2,36,38,39,42)/t26?,30-/m0/s1. The topological polar surface area (TPSA) is 146 Å². The van der Waals surface area contributed by atoms with E-state index < -0.39 is 0 Å². The van der Waals surface area contributed by atoms with Crippen molar-refractivity contribution in [1.29, 1.82) is 5.26 Å². The Balaban J connectivity index is 1.26. The molecule has 1 unspecified atom stereocenters. The van der Waals surface area contributed by atoms with Crippen LogP contribution in [0.1, 0.15) is 50.2 Å². The van der Waals surface area contributed by atoms with Crippen molar-refractivity contribution in [2.45, 2.75) is 51.6 Å². The van der Waals surface area contributed by atoms with Gasteiger partial charge >= 0.3 is 6.03 Å². The first-order chi connectivity index (χ1) is 22.5. The van der Waals surface area contributed by atoms with E-state index in [1.54, 1.807) is 28.2 Å². The first-order valence-electron chi connectivity index (χ1n) is 15.9. The summed E-state index contributed by atoms with van der Waals surface area (Å²) in [4.78, 5) is 29.2. The zero-order chi connectivity index (χ0) is 32.1. The van der Waals surface area contributed by atoms with Gasteiger partial charge in [0.2, 0.25) is 5.95 Å². The first-order valence-corrected chi connectivity index (χ1v) is 15.9. The molecule has 1 fully saturated rings. The second-order valence-corrected chi connectivity index (χ2v) is 11.5. The zero-order valence-electron chi connectivity index (χ0n) is 26.5. The van der Waals surface area contributed by atoms with E-state index in [1.807, 2.05) is 55.7 Å². The van der Waals surface area contributed by atoms with Crippen molar-refractivity contribution in [3.8, 4) is 17.2 Å². The SMILES string of the molecule is CCC[C@@H](CCCNc1ncc(C#N)c(NCC2CCOC2)n1)N(C(=O)NCc1ccccc1)c1ccc(-c2cnn(C)c2)cn1. The van der Waals surface area contributed by atoms with Crippen LogP contribution in [0.3, 0.4) is 0 Å². The number of nitrogens with zero attached hydrogens (tertiary/aromatic N) is 7. The van der Waals surface area contributed by atoms with Gasteiger partial charge < -0.3 is 20.7 Å². The molecule has 12 nitrogen and oxygen atoms in total. The average molecular weight is 623 g/mol. The van der Waals surface area contributed by atoms with Crippen molar-refractivity contribution in [2.75, 3.05) is 41.8 Å². The molecule has 1 saturated heterocycles. The Morgan fingerprint density at radius 2 is 1.98 bits per heavy atom. The summed E-state index contributed by atoms with van der Waals surface area (Å²) >= 11 is 0. The minimum atomic E-state index is -0.185. The highest BCUT2D eigenvalue weighted by Crippen LogP contribution is 2.25. The number of amides is 2. The smallest absolute Gasteiger partial charge is 0.323 e. The van der Waals surface area contributed by atoms with Crippen LogP contribution in [-0.2, 0) is 18.3 Å². The summed E-state index contributed by atoms with van der Waals surface area (Å²) in [5, 5.41) is 23.5. The molecule has 4 aromatic rings. The second kappa shape index (κ2) is 16.3. The number of pyridine rings is 1. The van der Waals surface area contributed by atoms with Crippen LogP contribution in [0, 0.1) is 17.2 Å². The van der Waals surface area contributed by atoms with Gasteiger partial charge in [0.1, 0.15) is 23.3 Å². The van der Waals surface area contributed by atoms with Gasteiger partial charge in [0.15, 0.2) is 0 Å². The molecule has 0 bridgehead atoms. The average Bonchev–Trinajstić information content (AvgIpc) is 3.78. The van der Waals surface area contributed by atoms with Crippen molar-refractivity contribution in [3.05, 3.63) is 78.4 Å². The number of urea groups is 1. The van der Waals surface area contributed by atoms with E-state index in [-0.39, 0.29) is 12.1 Å². The number of carbonyl (C=O) groups excluding carboxylic acids is 1. The molecule has 0 spiro atoms. The summed E-state index contributed by atoms with van der Waals surface area (Å²) in [6.45, 7) is 5.34. The van der Waals surface area contributed by atoms with Crippen molar-refractivity contribution in [3.63, 3.8) is 0 Å². The highest BCUT2D eigenvalue weighted by Gasteiger charge is 2.26. The Hall–Kier alpha value is -5.02. The number of rotatable bonds is 15. The summed E-state index contributed by atoms with van der Waals surface area (Å²) in [5.74, 6) is 1.99. The number of ether oxygens (including phenoxy) is 1. The number of hydrogen-bond donors (Lipinski definition) is 3. The van der Waals surface area contributed by atoms with Crippen LogP contribution in [0.4, 0.5) is 22.4 Å². The maximum absolute atomic E-state index is 13.8. The monoisotopic (exact) mass is 622 g/mol. The molecule has 46 heavy (non-hydrogen) atoms. The molecule has 2 amide bonds. The lowest BCUT2D eigenvalue weighted by molar-refractivity contribution is 0.187. The number of nitriles is 1. The summed E-state index contributed by atoms with van der Waals surface area (Å²) in [6, 6.07) is 15.7. The van der Waals surface area contributed by atoms with Gasteiger partial charge in [-0.05, 0) is 43.4 Å². The van der Waals surface area contributed by atoms with Gasteiger partial charge in [0, 0.05) is 68.8 Å². The number of hydrogen-bond acceptors (Lipinski definition) is 9. The molecular formula is C34H42N10O2. The quantitative estimate of drug-likeness (QED) is 0.149. The van der Waals surface area contributed by atoms with Crippen molar-refractivity contribution in [2.24, 2.45) is 13.0 Å². The van der Waals surface area contributed by atoms with Crippen LogP contribution in [0.15, 0.2) is 67.3 Å². The number of aromatic nitrogens is 5. The molecule has 1 aliphatic heterocycles. The molecule has 2 atom stereocenters. The van der Waals surface area contributed by atoms with E-state index in [4.69, 9.17) is 9.72 Å². The summed E-state index contributed by atoms with van der Waals surface area (Å²) < 4.78 is 7.21. The summed E-state index contributed by atoms with van der Waals surface area (Å²) in [5.41, 5.74) is 3.34. The molecule has 4 heterocycles. The van der Waals surface area contributed by atoms with Crippen LogP contribution in [0.25, 0.3) is 11.1 Å². The molecule has 0 aliphatic carbocycles. The molecule has 240 valence electrons. The van der Waals surface area contributed by atoms with E-state index in [0.717, 1.165) is 62.0 Å². The minimum absolute atomic E-state index is 0.0768. The molecule has 0 saturated carbocycles. The van der Waals surface area contributed by atoms with E-state index in [9.17, 15) is 10.1 Å². The fraction of sp³-hybridized carbons (Fsp3) is 0.412. The lowest BCUT2D eigenvalue weighted by Gasteiger charge is -2.31. The molecular weight excluding hydrogens is 580 g/mol. The summed E-state index contributed by atoms with van der Waals surface area (Å²) in [6.07, 6.45) is 11.3. The van der Waals surface area contributed by atoms with Gasteiger partial charge in [-0.1, -0.05) is 43.7 Å². The Morgan fingerprint density at radius 3 is 2.67 bits per heavy atom. The Kier molecular flexibility index (Phi) is 11.5. The Labute approximate surface area is 270 Å². The number of anilines is 3. The van der Waals surface area contributed by atoms with Crippen molar-refractivity contribution in [1.82, 2.24) is 30.0 Å². The first kappa shape index (κ1) is 32.4. The number of carbonyl (C=O) groups is 1. The van der Waals surface area contributed by atoms with Crippen LogP contribution >= 0.6 is 0 Å². The maximum atomic E-state index is 13.8. The van der Waals surface area contributed by atoms with E-state index in [1.165, 1.54) is 0 Å². The predicted molar refractivity (Wildman–Crippen MR) is 178 cm³/mol. The van der Waals surface area contributed by atoms with E-state index in [0.29, 0.717) is 48.7 Å². The van der Waals surface area contributed by atoms with Gasteiger partial charge in [0.25, 0.3) is 0 Å². The third-order valence-electron chi connectivity index (χ3n) is 8.01. The Bertz CT molecular complexity index is 1580. The highest BCUT2D eigenvalue weighted by atomic mass is 16.5. The van der Waals surface area contributed by atoms with Crippen LogP contribution in [0.5, 0.6) is 0 Å². The highest BCUT2D eigenvalue weighted by molar-refractivity contribution is 5.91. The molecule has 1 aromatic carbocycles. The molecule has 5 rings (SSSR count). The van der Waals surface area contributed by atoms with Crippen molar-refractivity contribution >= 4 is 23.6 Å². The molecule has 1 aliphatic rings. The van der Waals surface area contributed by atoms with E-state index in [2.05, 4.69) is 44.0 Å². The molecule has 12 heteroatoms.